The lowest BCUT2D eigenvalue weighted by Crippen LogP contribution is -2.38. The summed E-state index contributed by atoms with van der Waals surface area (Å²) in [5, 5.41) is 2.72. The van der Waals surface area contributed by atoms with Crippen molar-refractivity contribution in [3.8, 4) is 11.5 Å². The predicted molar refractivity (Wildman–Crippen MR) is 89.5 cm³/mol. The van der Waals surface area contributed by atoms with Crippen molar-refractivity contribution in [2.24, 2.45) is 0 Å². The first kappa shape index (κ1) is 19.2. The highest BCUT2D eigenvalue weighted by Gasteiger charge is 2.21. The molecule has 0 aliphatic rings. The number of carbonyl (C=O) groups is 1. The number of nitrogens with one attached hydrogen (secondary N) is 1. The number of methoxy groups -OCH3 is 2. The normalized spacial score (nSPS) is 11.6. The van der Waals surface area contributed by atoms with Gasteiger partial charge in [-0.1, -0.05) is 0 Å². The molecule has 1 N–H and O–H groups in total. The van der Waals surface area contributed by atoms with E-state index in [9.17, 15) is 13.2 Å². The number of carbonyl (C=O) groups excluding carboxylic acids is 1. The topological polar surface area (TPSA) is 84.9 Å². The number of anilines is 1. The third-order valence-electron chi connectivity index (χ3n) is 3.24. The van der Waals surface area contributed by atoms with E-state index in [1.807, 2.05) is 0 Å². The van der Waals surface area contributed by atoms with Gasteiger partial charge in [-0.2, -0.15) is 4.31 Å². The second-order valence-corrected chi connectivity index (χ2v) is 7.27. The second-order valence-electron chi connectivity index (χ2n) is 5.33. The molecule has 0 bridgehead atoms. The van der Waals surface area contributed by atoms with Crippen LogP contribution in [0.5, 0.6) is 11.5 Å². The molecule has 0 radical (unpaired) electrons. The molecule has 7 nitrogen and oxygen atoms in total. The molecule has 0 atom stereocenters. The van der Waals surface area contributed by atoms with Crippen molar-refractivity contribution in [2.45, 2.75) is 26.3 Å². The summed E-state index contributed by atoms with van der Waals surface area (Å²) in [4.78, 5) is 12.1. The van der Waals surface area contributed by atoms with Gasteiger partial charge in [0.15, 0.2) is 0 Å². The summed E-state index contributed by atoms with van der Waals surface area (Å²) in [5.74, 6) is 0.798. The molecule has 0 aliphatic heterocycles. The van der Waals surface area contributed by atoms with E-state index in [2.05, 4.69) is 5.32 Å². The number of rotatable bonds is 8. The molecule has 8 heteroatoms. The van der Waals surface area contributed by atoms with Gasteiger partial charge >= 0.3 is 0 Å². The molecule has 1 aromatic rings. The minimum atomic E-state index is -3.34. The van der Waals surface area contributed by atoms with Gasteiger partial charge in [-0.05, 0) is 26.0 Å². The standard InChI is InChI=1S/C15H24N2O5S/c1-11(2)17(23(5,19)20)9-8-15(18)16-13-7-6-12(21-3)10-14(13)22-4/h6-7,10-11H,8-9H2,1-5H3,(H,16,18). The Bertz CT molecular complexity index is 643. The number of amides is 1. The average Bonchev–Trinajstić information content (AvgIpc) is 2.45. The first-order valence-electron chi connectivity index (χ1n) is 7.17. The van der Waals surface area contributed by atoms with Crippen LogP contribution in [-0.4, -0.2) is 51.7 Å². The highest BCUT2D eigenvalue weighted by molar-refractivity contribution is 7.88. The predicted octanol–water partition coefficient (Wildman–Crippen LogP) is 1.70. The Balaban J connectivity index is 2.74. The number of benzene rings is 1. The van der Waals surface area contributed by atoms with Gasteiger partial charge in [0.05, 0.1) is 26.2 Å². The minimum absolute atomic E-state index is 0.0560. The quantitative estimate of drug-likeness (QED) is 0.776. The Hall–Kier alpha value is -1.80. The van der Waals surface area contributed by atoms with Crippen LogP contribution in [0.3, 0.4) is 0 Å². The highest BCUT2D eigenvalue weighted by atomic mass is 32.2. The van der Waals surface area contributed by atoms with Crippen molar-refractivity contribution in [3.63, 3.8) is 0 Å². The Kier molecular flexibility index (Phi) is 6.83. The SMILES string of the molecule is COc1ccc(NC(=O)CCN(C(C)C)S(C)(=O)=O)c(OC)c1. The van der Waals surface area contributed by atoms with Gasteiger partial charge in [0.1, 0.15) is 11.5 Å². The van der Waals surface area contributed by atoms with Crippen molar-refractivity contribution < 1.29 is 22.7 Å². The van der Waals surface area contributed by atoms with Crippen LogP contribution in [0.4, 0.5) is 5.69 Å². The molecule has 0 aliphatic carbocycles. The third kappa shape index (κ3) is 5.72. The number of hydrogen-bond acceptors (Lipinski definition) is 5. The lowest BCUT2D eigenvalue weighted by atomic mass is 10.2. The smallest absolute Gasteiger partial charge is 0.225 e. The van der Waals surface area contributed by atoms with Crippen LogP contribution in [-0.2, 0) is 14.8 Å². The molecule has 0 aromatic heterocycles. The third-order valence-corrected chi connectivity index (χ3v) is 4.70. The molecule has 0 spiro atoms. The largest absolute Gasteiger partial charge is 0.497 e. The van der Waals surface area contributed by atoms with Crippen LogP contribution in [0.1, 0.15) is 20.3 Å². The zero-order valence-electron chi connectivity index (χ0n) is 14.1. The van der Waals surface area contributed by atoms with E-state index < -0.39 is 10.0 Å². The fraction of sp³-hybridized carbons (Fsp3) is 0.533. The van der Waals surface area contributed by atoms with Crippen LogP contribution in [0.2, 0.25) is 0 Å². The van der Waals surface area contributed by atoms with E-state index in [0.29, 0.717) is 17.2 Å². The van der Waals surface area contributed by atoms with E-state index in [4.69, 9.17) is 9.47 Å². The van der Waals surface area contributed by atoms with Crippen molar-refractivity contribution >= 4 is 21.6 Å². The zero-order chi connectivity index (χ0) is 17.6. The summed E-state index contributed by atoms with van der Waals surface area (Å²) in [6.07, 6.45) is 1.19. The average molecular weight is 344 g/mol. The Labute approximate surface area is 137 Å². The Morgan fingerprint density at radius 3 is 2.39 bits per heavy atom. The molecule has 23 heavy (non-hydrogen) atoms. The minimum Gasteiger partial charge on any atom is -0.497 e. The molecule has 1 amide bonds. The summed E-state index contributed by atoms with van der Waals surface area (Å²) < 4.78 is 34.9. The summed E-state index contributed by atoms with van der Waals surface area (Å²) in [7, 11) is -0.307. The summed E-state index contributed by atoms with van der Waals surface area (Å²) in [6, 6.07) is 4.84. The molecule has 130 valence electrons. The van der Waals surface area contributed by atoms with E-state index in [1.54, 1.807) is 39.2 Å². The maximum atomic E-state index is 12.1. The van der Waals surface area contributed by atoms with Gasteiger partial charge in [0.25, 0.3) is 0 Å². The van der Waals surface area contributed by atoms with Crippen molar-refractivity contribution in [3.05, 3.63) is 18.2 Å². The van der Waals surface area contributed by atoms with Gasteiger partial charge in [-0.3, -0.25) is 4.79 Å². The van der Waals surface area contributed by atoms with Crippen LogP contribution >= 0.6 is 0 Å². The van der Waals surface area contributed by atoms with Crippen molar-refractivity contribution in [2.75, 3.05) is 32.3 Å². The molecule has 0 heterocycles. The number of sulfonamides is 1. The van der Waals surface area contributed by atoms with Crippen molar-refractivity contribution in [1.82, 2.24) is 4.31 Å². The van der Waals surface area contributed by atoms with Gasteiger partial charge in [-0.25, -0.2) is 8.42 Å². The van der Waals surface area contributed by atoms with Gasteiger partial charge < -0.3 is 14.8 Å². The maximum Gasteiger partial charge on any atom is 0.225 e. The lowest BCUT2D eigenvalue weighted by molar-refractivity contribution is -0.116. The molecular formula is C15H24N2O5S. The Morgan fingerprint density at radius 1 is 1.26 bits per heavy atom. The number of nitrogens with zero attached hydrogens (tertiary/aromatic N) is 1. The molecule has 1 aromatic carbocycles. The molecule has 1 rings (SSSR count). The molecule has 0 fully saturated rings. The molecule has 0 saturated carbocycles. The van der Waals surface area contributed by atoms with Gasteiger partial charge in [0.2, 0.25) is 15.9 Å². The van der Waals surface area contributed by atoms with E-state index >= 15 is 0 Å². The first-order chi connectivity index (χ1) is 10.7. The number of hydrogen-bond donors (Lipinski definition) is 1. The van der Waals surface area contributed by atoms with E-state index in [-0.39, 0.29) is 24.9 Å². The van der Waals surface area contributed by atoms with Crippen molar-refractivity contribution in [1.29, 1.82) is 0 Å². The molecular weight excluding hydrogens is 320 g/mol. The van der Waals surface area contributed by atoms with Crippen LogP contribution in [0.15, 0.2) is 18.2 Å². The monoisotopic (exact) mass is 344 g/mol. The molecule has 0 unspecified atom stereocenters. The summed E-state index contributed by atoms with van der Waals surface area (Å²) in [5.41, 5.74) is 0.508. The zero-order valence-corrected chi connectivity index (χ0v) is 14.9. The second kappa shape index (κ2) is 8.16. The first-order valence-corrected chi connectivity index (χ1v) is 9.02. The fourth-order valence-corrected chi connectivity index (χ4v) is 3.32. The maximum absolute atomic E-state index is 12.1. The van der Waals surface area contributed by atoms with Gasteiger partial charge in [-0.15, -0.1) is 0 Å². The fourth-order valence-electron chi connectivity index (χ4n) is 2.13. The van der Waals surface area contributed by atoms with Crippen LogP contribution in [0.25, 0.3) is 0 Å². The van der Waals surface area contributed by atoms with Crippen LogP contribution in [0, 0.1) is 0 Å². The van der Waals surface area contributed by atoms with E-state index in [1.165, 1.54) is 11.4 Å². The lowest BCUT2D eigenvalue weighted by Gasteiger charge is -2.23. The van der Waals surface area contributed by atoms with Gasteiger partial charge in [0, 0.05) is 25.1 Å². The highest BCUT2D eigenvalue weighted by Crippen LogP contribution is 2.29. The molecule has 0 saturated heterocycles. The summed E-state index contributed by atoms with van der Waals surface area (Å²) >= 11 is 0. The van der Waals surface area contributed by atoms with Crippen LogP contribution < -0.4 is 14.8 Å². The van der Waals surface area contributed by atoms with E-state index in [0.717, 1.165) is 6.26 Å². The summed E-state index contributed by atoms with van der Waals surface area (Å²) in [6.45, 7) is 3.66. The number of ether oxygens (including phenoxy) is 2. The Morgan fingerprint density at radius 2 is 1.91 bits per heavy atom.